The lowest BCUT2D eigenvalue weighted by molar-refractivity contribution is 0.0895. The minimum absolute atomic E-state index is 0.126. The van der Waals surface area contributed by atoms with Gasteiger partial charge >= 0.3 is 0 Å². The molecule has 4 rings (SSSR count). The number of nitrogens with one attached hydrogen (secondary N) is 1. The van der Waals surface area contributed by atoms with Crippen molar-refractivity contribution in [1.82, 2.24) is 5.32 Å². The molecular weight excluding hydrogens is 278 g/mol. The molecule has 2 bridgehead atoms. The van der Waals surface area contributed by atoms with Crippen molar-refractivity contribution in [1.29, 1.82) is 0 Å². The molecule has 1 aromatic carbocycles. The number of carbonyl (C=O) groups is 1. The monoisotopic (exact) mass is 291 g/mol. The molecule has 0 aromatic heterocycles. The Morgan fingerprint density at radius 2 is 2.06 bits per heavy atom. The molecule has 2 nitrogen and oxygen atoms in total. The summed E-state index contributed by atoms with van der Waals surface area (Å²) in [5.41, 5.74) is 2.17. The van der Waals surface area contributed by atoms with E-state index in [1.165, 1.54) is 24.8 Å². The average Bonchev–Trinajstić information content (AvgIpc) is 2.89. The second-order valence-corrected chi connectivity index (χ2v) is 6.51. The van der Waals surface area contributed by atoms with Gasteiger partial charge in [0.05, 0.1) is 0 Å². The second-order valence-electron chi connectivity index (χ2n) is 5.59. The van der Waals surface area contributed by atoms with Crippen molar-refractivity contribution in [3.63, 3.8) is 0 Å². The number of benzene rings is 1. The van der Waals surface area contributed by atoms with Crippen LogP contribution in [-0.2, 0) is 0 Å². The van der Waals surface area contributed by atoms with Crippen molar-refractivity contribution >= 4 is 21.8 Å². The van der Waals surface area contributed by atoms with E-state index in [0.717, 1.165) is 21.9 Å². The van der Waals surface area contributed by atoms with E-state index >= 15 is 0 Å². The molecule has 1 N–H and O–H groups in total. The molecule has 2 aliphatic carbocycles. The molecule has 0 radical (unpaired) electrons. The zero-order chi connectivity index (χ0) is 11.6. The topological polar surface area (TPSA) is 29.1 Å². The summed E-state index contributed by atoms with van der Waals surface area (Å²) in [6.07, 6.45) is 3.95. The first-order valence-corrected chi connectivity index (χ1v) is 7.13. The fraction of sp³-hybridized carbons (Fsp3) is 0.500. The Labute approximate surface area is 109 Å². The van der Waals surface area contributed by atoms with Gasteiger partial charge in [0.2, 0.25) is 0 Å². The molecule has 17 heavy (non-hydrogen) atoms. The van der Waals surface area contributed by atoms with E-state index in [1.807, 2.05) is 12.1 Å². The summed E-state index contributed by atoms with van der Waals surface area (Å²) in [6.45, 7) is 0. The van der Waals surface area contributed by atoms with E-state index in [9.17, 15) is 4.79 Å². The highest BCUT2D eigenvalue weighted by Crippen LogP contribution is 2.55. The van der Waals surface area contributed by atoms with E-state index in [-0.39, 0.29) is 5.91 Å². The number of halogens is 1. The Morgan fingerprint density at radius 1 is 1.24 bits per heavy atom. The minimum Gasteiger partial charge on any atom is -0.348 e. The molecule has 0 unspecified atom stereocenters. The van der Waals surface area contributed by atoms with Crippen molar-refractivity contribution in [2.75, 3.05) is 0 Å². The zero-order valence-corrected chi connectivity index (χ0v) is 11.0. The molecule has 88 valence electrons. The quantitative estimate of drug-likeness (QED) is 0.782. The minimum atomic E-state index is 0.126. The van der Waals surface area contributed by atoms with Crippen LogP contribution in [0.5, 0.6) is 0 Å². The molecule has 1 aromatic rings. The molecule has 3 heteroatoms. The van der Waals surface area contributed by atoms with Crippen LogP contribution in [0.15, 0.2) is 22.7 Å². The lowest BCUT2D eigenvalue weighted by Crippen LogP contribution is -2.47. The normalized spacial score (nSPS) is 37.6. The Hall–Kier alpha value is -0.830. The summed E-state index contributed by atoms with van der Waals surface area (Å²) in [5, 5.41) is 3.23. The summed E-state index contributed by atoms with van der Waals surface area (Å²) in [5.74, 6) is 2.21. The number of hydrogen-bond acceptors (Lipinski definition) is 1. The number of amides is 1. The fourth-order valence-electron chi connectivity index (χ4n) is 4.19. The van der Waals surface area contributed by atoms with E-state index in [2.05, 4.69) is 27.3 Å². The molecule has 1 heterocycles. The summed E-state index contributed by atoms with van der Waals surface area (Å²) < 4.78 is 1.09. The predicted molar refractivity (Wildman–Crippen MR) is 69.0 cm³/mol. The first-order chi connectivity index (χ1) is 8.24. The van der Waals surface area contributed by atoms with Gasteiger partial charge in [0.25, 0.3) is 5.91 Å². The van der Waals surface area contributed by atoms with E-state index in [4.69, 9.17) is 0 Å². The van der Waals surface area contributed by atoms with Gasteiger partial charge in [-0.1, -0.05) is 15.9 Å². The van der Waals surface area contributed by atoms with Crippen molar-refractivity contribution < 1.29 is 4.79 Å². The van der Waals surface area contributed by atoms with Gasteiger partial charge in [-0.15, -0.1) is 0 Å². The van der Waals surface area contributed by atoms with Crippen LogP contribution < -0.4 is 5.32 Å². The lowest BCUT2D eigenvalue weighted by atomic mass is 9.76. The van der Waals surface area contributed by atoms with Gasteiger partial charge < -0.3 is 5.32 Å². The van der Waals surface area contributed by atoms with E-state index in [1.54, 1.807) is 0 Å². The highest BCUT2D eigenvalue weighted by Gasteiger charge is 2.51. The molecule has 3 aliphatic rings. The zero-order valence-electron chi connectivity index (χ0n) is 9.45. The van der Waals surface area contributed by atoms with Crippen molar-refractivity contribution in [2.45, 2.75) is 31.2 Å². The van der Waals surface area contributed by atoms with E-state index in [0.29, 0.717) is 12.0 Å². The van der Waals surface area contributed by atoms with Crippen LogP contribution in [-0.4, -0.2) is 11.9 Å². The molecule has 1 aliphatic heterocycles. The van der Waals surface area contributed by atoms with Crippen LogP contribution in [0.1, 0.15) is 41.1 Å². The van der Waals surface area contributed by atoms with Crippen molar-refractivity contribution in [3.05, 3.63) is 33.8 Å². The molecule has 0 saturated heterocycles. The maximum Gasteiger partial charge on any atom is 0.251 e. The smallest absolute Gasteiger partial charge is 0.251 e. The molecule has 2 fully saturated rings. The van der Waals surface area contributed by atoms with Crippen LogP contribution >= 0.6 is 15.9 Å². The maximum atomic E-state index is 12.1. The molecular formula is C14H14BrNO. The van der Waals surface area contributed by atoms with Crippen LogP contribution in [0.4, 0.5) is 0 Å². The Bertz CT molecular complexity index is 513. The molecule has 0 spiro atoms. The van der Waals surface area contributed by atoms with Crippen LogP contribution in [0.2, 0.25) is 0 Å². The third-order valence-corrected chi connectivity index (χ3v) is 5.32. The maximum absolute atomic E-state index is 12.1. The van der Waals surface area contributed by atoms with Gasteiger partial charge in [-0.25, -0.2) is 0 Å². The van der Waals surface area contributed by atoms with Crippen LogP contribution in [0.25, 0.3) is 0 Å². The highest BCUT2D eigenvalue weighted by atomic mass is 79.9. The highest BCUT2D eigenvalue weighted by molar-refractivity contribution is 9.10. The predicted octanol–water partition coefficient (Wildman–Crippen LogP) is 3.07. The lowest BCUT2D eigenvalue weighted by Gasteiger charge is -2.37. The van der Waals surface area contributed by atoms with Crippen molar-refractivity contribution in [2.24, 2.45) is 11.8 Å². The summed E-state index contributed by atoms with van der Waals surface area (Å²) >= 11 is 3.53. The first kappa shape index (κ1) is 10.1. The van der Waals surface area contributed by atoms with Gasteiger partial charge in [-0.05, 0) is 54.9 Å². The second kappa shape index (κ2) is 3.35. The summed E-state index contributed by atoms with van der Waals surface area (Å²) in [4.78, 5) is 12.1. The Kier molecular flexibility index (Phi) is 1.99. The van der Waals surface area contributed by atoms with Gasteiger partial charge in [-0.3, -0.25) is 4.79 Å². The Morgan fingerprint density at radius 3 is 2.94 bits per heavy atom. The summed E-state index contributed by atoms with van der Waals surface area (Å²) in [6, 6.07) is 6.48. The fourth-order valence-corrected chi connectivity index (χ4v) is 4.57. The van der Waals surface area contributed by atoms with Gasteiger partial charge in [-0.2, -0.15) is 0 Å². The molecule has 1 amide bonds. The largest absolute Gasteiger partial charge is 0.348 e. The van der Waals surface area contributed by atoms with E-state index < -0.39 is 0 Å². The molecule has 4 atom stereocenters. The SMILES string of the molecule is O=C1N[C@H]2[C@@H]3CC[C@@H](C3)[C@H]2c2cc(Br)ccc21. The summed E-state index contributed by atoms with van der Waals surface area (Å²) in [7, 11) is 0. The molecule has 2 saturated carbocycles. The van der Waals surface area contributed by atoms with Crippen LogP contribution in [0, 0.1) is 11.8 Å². The number of fused-ring (bicyclic) bond motifs is 7. The standard InChI is InChI=1S/C14H14BrNO/c15-9-3-4-10-11(6-9)12-7-1-2-8(5-7)13(12)16-14(10)17/h3-4,6-8,12-13H,1-2,5H2,(H,16,17)/t7-,8+,12-,13-/m0/s1. The van der Waals surface area contributed by atoms with Gasteiger partial charge in [0, 0.05) is 22.0 Å². The number of hydrogen-bond donors (Lipinski definition) is 1. The number of rotatable bonds is 0. The third kappa shape index (κ3) is 1.29. The van der Waals surface area contributed by atoms with Gasteiger partial charge in [0.1, 0.15) is 0 Å². The van der Waals surface area contributed by atoms with Gasteiger partial charge in [0.15, 0.2) is 0 Å². The van der Waals surface area contributed by atoms with Crippen LogP contribution in [0.3, 0.4) is 0 Å². The Balaban J connectivity index is 1.89. The third-order valence-electron chi connectivity index (χ3n) is 4.83. The van der Waals surface area contributed by atoms with Crippen molar-refractivity contribution in [3.8, 4) is 0 Å². The first-order valence-electron chi connectivity index (χ1n) is 6.34. The number of carbonyl (C=O) groups excluding carboxylic acids is 1. The average molecular weight is 292 g/mol.